The van der Waals surface area contributed by atoms with Crippen molar-refractivity contribution in [3.63, 3.8) is 0 Å². The molecule has 0 radical (unpaired) electrons. The third kappa shape index (κ3) is 6.07. The van der Waals surface area contributed by atoms with Gasteiger partial charge in [0, 0.05) is 6.04 Å². The number of hydrogen-bond acceptors (Lipinski definition) is 2. The molecule has 0 saturated heterocycles. The summed E-state index contributed by atoms with van der Waals surface area (Å²) in [6.45, 7) is 1.96. The standard InChI is InChI=1S/C19H19Cl2NO3/c1-12-4-2-3-5-14(12)10-15(11-19(24)25)22-18(23)9-13-6-7-16(20)17(21)8-13/h2-8,15H,9-11H2,1H3,(H,22,23)(H,24,25)/t15-/m0/s1. The lowest BCUT2D eigenvalue weighted by atomic mass is 9.99. The molecule has 6 heteroatoms. The molecule has 1 amide bonds. The maximum Gasteiger partial charge on any atom is 0.305 e. The Morgan fingerprint density at radius 1 is 1.12 bits per heavy atom. The fourth-order valence-corrected chi connectivity index (χ4v) is 2.92. The zero-order chi connectivity index (χ0) is 18.4. The first-order chi connectivity index (χ1) is 11.8. The van der Waals surface area contributed by atoms with Gasteiger partial charge in [-0.25, -0.2) is 0 Å². The number of halogens is 2. The van der Waals surface area contributed by atoms with Crippen LogP contribution in [0.15, 0.2) is 42.5 Å². The summed E-state index contributed by atoms with van der Waals surface area (Å²) in [6, 6.07) is 12.2. The van der Waals surface area contributed by atoms with Gasteiger partial charge in [-0.1, -0.05) is 53.5 Å². The fourth-order valence-electron chi connectivity index (χ4n) is 2.60. The second kappa shape index (κ2) is 8.88. The molecule has 0 saturated carbocycles. The first-order valence-corrected chi connectivity index (χ1v) is 8.60. The van der Waals surface area contributed by atoms with E-state index in [1.807, 2.05) is 31.2 Å². The van der Waals surface area contributed by atoms with Gasteiger partial charge in [0.25, 0.3) is 0 Å². The summed E-state index contributed by atoms with van der Waals surface area (Å²) < 4.78 is 0. The highest BCUT2D eigenvalue weighted by molar-refractivity contribution is 6.42. The summed E-state index contributed by atoms with van der Waals surface area (Å²) in [4.78, 5) is 23.4. The van der Waals surface area contributed by atoms with Crippen LogP contribution >= 0.6 is 23.2 Å². The summed E-state index contributed by atoms with van der Waals surface area (Å²) in [5.74, 6) is -1.20. The number of carboxylic acid groups (broad SMARTS) is 1. The van der Waals surface area contributed by atoms with Crippen LogP contribution in [-0.2, 0) is 22.4 Å². The quantitative estimate of drug-likeness (QED) is 0.762. The fraction of sp³-hybridized carbons (Fsp3) is 0.263. The van der Waals surface area contributed by atoms with Crippen LogP contribution in [0, 0.1) is 6.92 Å². The van der Waals surface area contributed by atoms with Crippen molar-refractivity contribution in [2.45, 2.75) is 32.2 Å². The van der Waals surface area contributed by atoms with E-state index in [4.69, 9.17) is 28.3 Å². The molecule has 0 heterocycles. The van der Waals surface area contributed by atoms with Crippen molar-refractivity contribution >= 4 is 35.1 Å². The lowest BCUT2D eigenvalue weighted by Gasteiger charge is -2.18. The lowest BCUT2D eigenvalue weighted by Crippen LogP contribution is -2.39. The molecule has 2 N–H and O–H groups in total. The minimum absolute atomic E-state index is 0.112. The molecule has 0 bridgehead atoms. The lowest BCUT2D eigenvalue weighted by molar-refractivity contribution is -0.137. The Morgan fingerprint density at radius 2 is 1.84 bits per heavy atom. The highest BCUT2D eigenvalue weighted by atomic mass is 35.5. The molecule has 0 aliphatic carbocycles. The van der Waals surface area contributed by atoms with E-state index in [2.05, 4.69) is 5.32 Å². The summed E-state index contributed by atoms with van der Waals surface area (Å²) in [5, 5.41) is 12.7. The van der Waals surface area contributed by atoms with Crippen molar-refractivity contribution in [2.75, 3.05) is 0 Å². The molecule has 0 spiro atoms. The molecule has 4 nitrogen and oxygen atoms in total. The maximum absolute atomic E-state index is 12.3. The van der Waals surface area contributed by atoms with Crippen molar-refractivity contribution in [3.05, 3.63) is 69.2 Å². The van der Waals surface area contributed by atoms with Gasteiger partial charge in [0.2, 0.25) is 5.91 Å². The molecule has 2 rings (SSSR count). The van der Waals surface area contributed by atoms with Gasteiger partial charge in [-0.3, -0.25) is 9.59 Å². The van der Waals surface area contributed by atoms with Gasteiger partial charge < -0.3 is 10.4 Å². The van der Waals surface area contributed by atoms with Gasteiger partial charge in [0.05, 0.1) is 22.9 Å². The molecule has 25 heavy (non-hydrogen) atoms. The van der Waals surface area contributed by atoms with Gasteiger partial charge >= 0.3 is 5.97 Å². The molecule has 0 unspecified atom stereocenters. The van der Waals surface area contributed by atoms with Gasteiger partial charge in [0.15, 0.2) is 0 Å². The number of amides is 1. The van der Waals surface area contributed by atoms with E-state index in [0.717, 1.165) is 16.7 Å². The highest BCUT2D eigenvalue weighted by Gasteiger charge is 2.18. The van der Waals surface area contributed by atoms with E-state index in [1.54, 1.807) is 18.2 Å². The van der Waals surface area contributed by atoms with Crippen molar-refractivity contribution < 1.29 is 14.7 Å². The average molecular weight is 380 g/mol. The Morgan fingerprint density at radius 3 is 2.48 bits per heavy atom. The third-order valence-electron chi connectivity index (χ3n) is 3.86. The molecule has 132 valence electrons. The van der Waals surface area contributed by atoms with Gasteiger partial charge in [-0.15, -0.1) is 0 Å². The molecule has 0 fully saturated rings. The van der Waals surface area contributed by atoms with Gasteiger partial charge in [-0.05, 0) is 42.2 Å². The van der Waals surface area contributed by atoms with E-state index >= 15 is 0 Å². The minimum Gasteiger partial charge on any atom is -0.481 e. The van der Waals surface area contributed by atoms with Crippen molar-refractivity contribution in [3.8, 4) is 0 Å². The second-order valence-corrected chi connectivity index (χ2v) is 6.73. The van der Waals surface area contributed by atoms with Crippen LogP contribution in [0.4, 0.5) is 0 Å². The minimum atomic E-state index is -0.951. The van der Waals surface area contributed by atoms with E-state index in [9.17, 15) is 9.59 Å². The Kier molecular flexibility index (Phi) is 6.85. The zero-order valence-electron chi connectivity index (χ0n) is 13.8. The monoisotopic (exact) mass is 379 g/mol. The number of hydrogen-bond donors (Lipinski definition) is 2. The Labute approximate surface area is 156 Å². The number of benzene rings is 2. The summed E-state index contributed by atoms with van der Waals surface area (Å²) >= 11 is 11.8. The highest BCUT2D eigenvalue weighted by Crippen LogP contribution is 2.22. The van der Waals surface area contributed by atoms with Gasteiger partial charge in [0.1, 0.15) is 0 Å². The first kappa shape index (κ1) is 19.3. The smallest absolute Gasteiger partial charge is 0.305 e. The number of rotatable bonds is 7. The number of aliphatic carboxylic acids is 1. The third-order valence-corrected chi connectivity index (χ3v) is 4.60. The first-order valence-electron chi connectivity index (χ1n) is 7.84. The predicted molar refractivity (Wildman–Crippen MR) is 99.2 cm³/mol. The summed E-state index contributed by atoms with van der Waals surface area (Å²) in [6.07, 6.45) is 0.439. The van der Waals surface area contributed by atoms with Crippen LogP contribution in [0.2, 0.25) is 10.0 Å². The molecular weight excluding hydrogens is 361 g/mol. The normalized spacial score (nSPS) is 11.8. The molecule has 0 aliphatic rings. The van der Waals surface area contributed by atoms with Crippen LogP contribution in [0.1, 0.15) is 23.1 Å². The Hall–Kier alpha value is -2.04. The molecule has 0 aromatic heterocycles. The van der Waals surface area contributed by atoms with E-state index in [1.165, 1.54) is 0 Å². The van der Waals surface area contributed by atoms with E-state index in [0.29, 0.717) is 16.5 Å². The molecule has 1 atom stereocenters. The van der Waals surface area contributed by atoms with Crippen molar-refractivity contribution in [2.24, 2.45) is 0 Å². The van der Waals surface area contributed by atoms with Crippen LogP contribution in [-0.4, -0.2) is 23.0 Å². The van der Waals surface area contributed by atoms with Crippen LogP contribution in [0.25, 0.3) is 0 Å². The van der Waals surface area contributed by atoms with Crippen LogP contribution < -0.4 is 5.32 Å². The maximum atomic E-state index is 12.3. The topological polar surface area (TPSA) is 66.4 Å². The Balaban J connectivity index is 2.05. The largest absolute Gasteiger partial charge is 0.481 e. The number of carbonyl (C=O) groups is 2. The number of nitrogens with one attached hydrogen (secondary N) is 1. The van der Waals surface area contributed by atoms with E-state index in [-0.39, 0.29) is 18.7 Å². The van der Waals surface area contributed by atoms with Crippen molar-refractivity contribution in [1.82, 2.24) is 5.32 Å². The summed E-state index contributed by atoms with van der Waals surface area (Å²) in [5.41, 5.74) is 2.80. The SMILES string of the molecule is Cc1ccccc1C[C@@H](CC(=O)O)NC(=O)Cc1ccc(Cl)c(Cl)c1. The van der Waals surface area contributed by atoms with Crippen LogP contribution in [0.3, 0.4) is 0 Å². The number of carbonyl (C=O) groups excluding carboxylic acids is 1. The summed E-state index contributed by atoms with van der Waals surface area (Å²) in [7, 11) is 0. The zero-order valence-corrected chi connectivity index (χ0v) is 15.3. The second-order valence-electron chi connectivity index (χ2n) is 5.92. The molecule has 2 aromatic carbocycles. The molecule has 2 aromatic rings. The molecular formula is C19H19Cl2NO3. The van der Waals surface area contributed by atoms with Gasteiger partial charge in [-0.2, -0.15) is 0 Å². The molecule has 0 aliphatic heterocycles. The number of aryl methyl sites for hydroxylation is 1. The Bertz CT molecular complexity index is 777. The average Bonchev–Trinajstić information content (AvgIpc) is 2.52. The van der Waals surface area contributed by atoms with Crippen molar-refractivity contribution in [1.29, 1.82) is 0 Å². The van der Waals surface area contributed by atoms with Crippen LogP contribution in [0.5, 0.6) is 0 Å². The predicted octanol–water partition coefficient (Wildman–Crippen LogP) is 4.05. The van der Waals surface area contributed by atoms with E-state index < -0.39 is 12.0 Å². The number of carboxylic acids is 1.